The van der Waals surface area contributed by atoms with Crippen LogP contribution >= 0.6 is 0 Å². The van der Waals surface area contributed by atoms with Gasteiger partial charge in [-0.05, 0) is 36.3 Å². The molecule has 4 nitrogen and oxygen atoms in total. The van der Waals surface area contributed by atoms with Gasteiger partial charge in [-0.1, -0.05) is 38.3 Å². The van der Waals surface area contributed by atoms with Crippen molar-refractivity contribution in [3.05, 3.63) is 29.3 Å². The van der Waals surface area contributed by atoms with E-state index in [-0.39, 0.29) is 24.6 Å². The number of carbonyl (C=O) groups is 1. The van der Waals surface area contributed by atoms with E-state index in [0.29, 0.717) is 18.6 Å². The fourth-order valence-corrected chi connectivity index (χ4v) is 3.30. The predicted octanol–water partition coefficient (Wildman–Crippen LogP) is 3.08. The number of carbonyl (C=O) groups excluding carboxylic acids is 1. The van der Waals surface area contributed by atoms with Crippen LogP contribution in [0.3, 0.4) is 0 Å². The maximum absolute atomic E-state index is 11.5. The number of aryl methyl sites for hydroxylation is 1. The predicted molar refractivity (Wildman–Crippen MR) is 84.9 cm³/mol. The van der Waals surface area contributed by atoms with Gasteiger partial charge in [0.2, 0.25) is 0 Å². The third kappa shape index (κ3) is 4.23. The van der Waals surface area contributed by atoms with Crippen LogP contribution in [0.4, 0.5) is 0 Å². The zero-order valence-electron chi connectivity index (χ0n) is 13.3. The van der Waals surface area contributed by atoms with Gasteiger partial charge in [-0.25, -0.2) is 0 Å². The van der Waals surface area contributed by atoms with Gasteiger partial charge in [0.15, 0.2) is 0 Å². The molecular weight excluding hydrogens is 280 g/mol. The number of esters is 1. The number of hydrogen-bond donors (Lipinski definition) is 2. The summed E-state index contributed by atoms with van der Waals surface area (Å²) >= 11 is 0. The summed E-state index contributed by atoms with van der Waals surface area (Å²) in [4.78, 5) is 11.5. The highest BCUT2D eigenvalue weighted by Gasteiger charge is 2.31. The molecule has 122 valence electrons. The lowest BCUT2D eigenvalue weighted by molar-refractivity contribution is -0.144. The number of aromatic hydroxyl groups is 1. The monoisotopic (exact) mass is 306 g/mol. The van der Waals surface area contributed by atoms with Crippen LogP contribution in [0, 0.1) is 0 Å². The molecule has 1 aliphatic rings. The summed E-state index contributed by atoms with van der Waals surface area (Å²) in [7, 11) is 0. The molecule has 0 amide bonds. The highest BCUT2D eigenvalue weighted by atomic mass is 16.5. The van der Waals surface area contributed by atoms with Gasteiger partial charge in [-0.3, -0.25) is 4.79 Å². The molecule has 0 atom stereocenters. The Morgan fingerprint density at radius 2 is 2.00 bits per heavy atom. The Kier molecular flexibility index (Phi) is 5.83. The number of aliphatic hydroxyl groups is 1. The number of rotatable bonds is 6. The lowest BCUT2D eigenvalue weighted by Crippen LogP contribution is -2.25. The van der Waals surface area contributed by atoms with Crippen molar-refractivity contribution in [2.24, 2.45) is 0 Å². The Morgan fingerprint density at radius 1 is 1.27 bits per heavy atom. The van der Waals surface area contributed by atoms with E-state index < -0.39 is 0 Å². The van der Waals surface area contributed by atoms with Crippen LogP contribution in [-0.2, 0) is 21.4 Å². The Balaban J connectivity index is 2.05. The van der Waals surface area contributed by atoms with E-state index in [0.717, 1.165) is 24.0 Å². The molecule has 0 aromatic heterocycles. The third-order valence-corrected chi connectivity index (χ3v) is 4.64. The second-order valence-electron chi connectivity index (χ2n) is 6.42. The molecule has 1 fully saturated rings. The number of ether oxygens (including phenoxy) is 1. The minimum absolute atomic E-state index is 0.0374. The number of phenolic OH excluding ortho intramolecular Hbond substituents is 1. The van der Waals surface area contributed by atoms with Crippen LogP contribution in [0.25, 0.3) is 0 Å². The van der Waals surface area contributed by atoms with Crippen molar-refractivity contribution in [2.75, 3.05) is 13.2 Å². The molecule has 0 saturated heterocycles. The Labute approximate surface area is 132 Å². The summed E-state index contributed by atoms with van der Waals surface area (Å²) in [5.41, 5.74) is 2.09. The Morgan fingerprint density at radius 3 is 2.68 bits per heavy atom. The molecule has 2 rings (SSSR count). The van der Waals surface area contributed by atoms with Crippen LogP contribution in [-0.4, -0.2) is 29.4 Å². The zero-order chi connectivity index (χ0) is 16.0. The highest BCUT2D eigenvalue weighted by molar-refractivity contribution is 5.69. The molecule has 0 aliphatic heterocycles. The SMILES string of the molecule is CC1(c2cc(CCC(=O)OCCO)ccc2O)CCCCC1. The maximum atomic E-state index is 11.5. The van der Waals surface area contributed by atoms with E-state index in [4.69, 9.17) is 9.84 Å². The van der Waals surface area contributed by atoms with Crippen molar-refractivity contribution in [3.63, 3.8) is 0 Å². The van der Waals surface area contributed by atoms with Gasteiger partial charge < -0.3 is 14.9 Å². The Hall–Kier alpha value is -1.55. The summed E-state index contributed by atoms with van der Waals surface area (Å²) in [5.74, 6) is 0.0589. The molecule has 0 heterocycles. The number of phenols is 1. The van der Waals surface area contributed by atoms with E-state index in [1.165, 1.54) is 19.3 Å². The van der Waals surface area contributed by atoms with Gasteiger partial charge in [0.25, 0.3) is 0 Å². The van der Waals surface area contributed by atoms with Gasteiger partial charge in [-0.15, -0.1) is 0 Å². The first-order chi connectivity index (χ1) is 10.5. The summed E-state index contributed by atoms with van der Waals surface area (Å²) in [6, 6.07) is 5.65. The zero-order valence-corrected chi connectivity index (χ0v) is 13.3. The molecule has 1 aromatic rings. The first-order valence-electron chi connectivity index (χ1n) is 8.14. The molecule has 1 aliphatic carbocycles. The topological polar surface area (TPSA) is 66.8 Å². The smallest absolute Gasteiger partial charge is 0.306 e. The van der Waals surface area contributed by atoms with Crippen LogP contribution in [0.2, 0.25) is 0 Å². The van der Waals surface area contributed by atoms with E-state index in [1.807, 2.05) is 12.1 Å². The largest absolute Gasteiger partial charge is 0.508 e. The van der Waals surface area contributed by atoms with E-state index in [9.17, 15) is 9.90 Å². The minimum atomic E-state index is -0.299. The second-order valence-corrected chi connectivity index (χ2v) is 6.42. The first kappa shape index (κ1) is 16.8. The van der Waals surface area contributed by atoms with Gasteiger partial charge in [0, 0.05) is 12.0 Å². The Bertz CT molecular complexity index is 504. The van der Waals surface area contributed by atoms with Crippen LogP contribution in [0.5, 0.6) is 5.75 Å². The van der Waals surface area contributed by atoms with Crippen LogP contribution < -0.4 is 0 Å². The van der Waals surface area contributed by atoms with Crippen LogP contribution in [0.1, 0.15) is 56.6 Å². The molecule has 1 aromatic carbocycles. The lowest BCUT2D eigenvalue weighted by atomic mass is 9.70. The molecule has 2 N–H and O–H groups in total. The molecule has 0 radical (unpaired) electrons. The van der Waals surface area contributed by atoms with Gasteiger partial charge in [0.05, 0.1) is 6.61 Å². The number of hydrogen-bond acceptors (Lipinski definition) is 4. The van der Waals surface area contributed by atoms with Crippen molar-refractivity contribution in [1.29, 1.82) is 0 Å². The van der Waals surface area contributed by atoms with Gasteiger partial charge in [-0.2, -0.15) is 0 Å². The quantitative estimate of drug-likeness (QED) is 0.793. The summed E-state index contributed by atoms with van der Waals surface area (Å²) in [5, 5.41) is 18.9. The molecule has 0 spiro atoms. The fourth-order valence-electron chi connectivity index (χ4n) is 3.30. The molecule has 4 heteroatoms. The normalized spacial score (nSPS) is 17.2. The van der Waals surface area contributed by atoms with E-state index >= 15 is 0 Å². The highest BCUT2D eigenvalue weighted by Crippen LogP contribution is 2.42. The number of aliphatic hydroxyl groups excluding tert-OH is 1. The minimum Gasteiger partial charge on any atom is -0.508 e. The fraction of sp³-hybridized carbons (Fsp3) is 0.611. The molecule has 0 unspecified atom stereocenters. The standard InChI is InChI=1S/C18H26O4/c1-18(9-3-2-4-10-18)15-13-14(5-7-16(15)20)6-8-17(21)22-12-11-19/h5,7,13,19-20H,2-4,6,8-12H2,1H3. The van der Waals surface area contributed by atoms with Crippen molar-refractivity contribution in [1.82, 2.24) is 0 Å². The molecule has 0 bridgehead atoms. The third-order valence-electron chi connectivity index (χ3n) is 4.64. The van der Waals surface area contributed by atoms with Gasteiger partial charge >= 0.3 is 5.97 Å². The summed E-state index contributed by atoms with van der Waals surface area (Å²) in [6.45, 7) is 2.13. The van der Waals surface area contributed by atoms with Crippen molar-refractivity contribution < 1.29 is 19.7 Å². The van der Waals surface area contributed by atoms with E-state index in [2.05, 4.69) is 6.92 Å². The number of benzene rings is 1. The lowest BCUT2D eigenvalue weighted by Gasteiger charge is -2.34. The summed E-state index contributed by atoms with van der Waals surface area (Å²) in [6.07, 6.45) is 6.76. The average Bonchev–Trinajstić information content (AvgIpc) is 2.52. The van der Waals surface area contributed by atoms with Crippen molar-refractivity contribution in [3.8, 4) is 5.75 Å². The molecular formula is C18H26O4. The summed E-state index contributed by atoms with van der Waals surface area (Å²) < 4.78 is 4.86. The van der Waals surface area contributed by atoms with Gasteiger partial charge in [0.1, 0.15) is 12.4 Å². The second kappa shape index (κ2) is 7.63. The first-order valence-corrected chi connectivity index (χ1v) is 8.14. The maximum Gasteiger partial charge on any atom is 0.306 e. The molecule has 22 heavy (non-hydrogen) atoms. The molecule has 1 saturated carbocycles. The average molecular weight is 306 g/mol. The van der Waals surface area contributed by atoms with E-state index in [1.54, 1.807) is 6.07 Å². The van der Waals surface area contributed by atoms with Crippen LogP contribution in [0.15, 0.2) is 18.2 Å². The van der Waals surface area contributed by atoms with Crippen molar-refractivity contribution in [2.45, 2.75) is 57.3 Å². The van der Waals surface area contributed by atoms with Crippen molar-refractivity contribution >= 4 is 5.97 Å².